The predicted octanol–water partition coefficient (Wildman–Crippen LogP) is 3.81. The number of rotatable bonds is 5. The van der Waals surface area contributed by atoms with Crippen LogP contribution in [0.25, 0.3) is 0 Å². The minimum atomic E-state index is -3.70. The van der Waals surface area contributed by atoms with Crippen LogP contribution in [0, 0.1) is 5.53 Å². The number of benzene rings is 2. The molecule has 0 saturated carbocycles. The van der Waals surface area contributed by atoms with Crippen LogP contribution in [0.5, 0.6) is 0 Å². The topological polar surface area (TPSA) is 82.8 Å². The molecule has 2 aromatic rings. The smallest absolute Gasteiger partial charge is 0.184 e. The zero-order valence-electron chi connectivity index (χ0n) is 13.5. The summed E-state index contributed by atoms with van der Waals surface area (Å²) in [6.07, 6.45) is 0. The van der Waals surface area contributed by atoms with Crippen molar-refractivity contribution in [3.63, 3.8) is 0 Å². The third-order valence-corrected chi connectivity index (χ3v) is 6.14. The molecule has 0 bridgehead atoms. The lowest BCUT2D eigenvalue weighted by molar-refractivity contribution is 0.122. The summed E-state index contributed by atoms with van der Waals surface area (Å²) in [5.74, 6) is -0.234. The molecule has 0 amide bonds. The van der Waals surface area contributed by atoms with E-state index in [0.717, 1.165) is 5.69 Å². The molecular formula is C17H18ClN3O3S. The lowest BCUT2D eigenvalue weighted by Crippen LogP contribution is -2.36. The molecule has 132 valence electrons. The van der Waals surface area contributed by atoms with E-state index in [0.29, 0.717) is 36.9 Å². The largest absolute Gasteiger partial charge is 0.378 e. The molecule has 0 unspecified atom stereocenters. The van der Waals surface area contributed by atoms with Crippen LogP contribution in [0.4, 0.5) is 11.4 Å². The van der Waals surface area contributed by atoms with Gasteiger partial charge in [-0.1, -0.05) is 29.8 Å². The molecule has 8 heteroatoms. The van der Waals surface area contributed by atoms with Crippen molar-refractivity contribution in [2.45, 2.75) is 10.6 Å². The summed E-state index contributed by atoms with van der Waals surface area (Å²) in [6, 6.07) is 11.8. The average Bonchev–Trinajstić information content (AvgIpc) is 2.64. The number of morpholine rings is 1. The van der Waals surface area contributed by atoms with Gasteiger partial charge in [0, 0.05) is 23.8 Å². The number of anilines is 1. The van der Waals surface area contributed by atoms with Crippen LogP contribution in [0.15, 0.2) is 52.5 Å². The number of halogens is 1. The molecule has 3 rings (SSSR count). The van der Waals surface area contributed by atoms with Gasteiger partial charge in [-0.3, -0.25) is 0 Å². The van der Waals surface area contributed by atoms with Crippen LogP contribution in [-0.2, 0) is 20.3 Å². The normalized spacial score (nSPS) is 15.2. The summed E-state index contributed by atoms with van der Waals surface area (Å²) in [7, 11) is -3.70. The van der Waals surface area contributed by atoms with E-state index in [2.05, 4.69) is 10.0 Å². The van der Waals surface area contributed by atoms with Gasteiger partial charge in [0.25, 0.3) is 0 Å². The SMILES string of the molecule is N=Nc1ccc(N2CCOCC2)cc1S(=O)(=O)Cc1ccccc1Cl. The monoisotopic (exact) mass is 379 g/mol. The van der Waals surface area contributed by atoms with Crippen LogP contribution >= 0.6 is 11.6 Å². The molecule has 0 aromatic heterocycles. The molecule has 0 radical (unpaired) electrons. The molecule has 1 aliphatic heterocycles. The van der Waals surface area contributed by atoms with Crippen molar-refractivity contribution >= 4 is 32.8 Å². The molecule has 1 fully saturated rings. The van der Waals surface area contributed by atoms with Crippen molar-refractivity contribution < 1.29 is 13.2 Å². The lowest BCUT2D eigenvalue weighted by Gasteiger charge is -2.29. The number of nitrogens with one attached hydrogen (secondary N) is 1. The minimum absolute atomic E-state index is 0.0476. The minimum Gasteiger partial charge on any atom is -0.378 e. The standard InChI is InChI=1S/C17H18ClN3O3S/c18-15-4-2-1-3-13(15)12-25(22,23)17-11-14(5-6-16(17)20-19)21-7-9-24-10-8-21/h1-6,11,19H,7-10,12H2. The third-order valence-electron chi connectivity index (χ3n) is 4.08. The maximum atomic E-state index is 12.9. The second kappa shape index (κ2) is 7.51. The summed E-state index contributed by atoms with van der Waals surface area (Å²) in [5, 5.41) is 3.78. The molecule has 2 aromatic carbocycles. The van der Waals surface area contributed by atoms with Gasteiger partial charge in [0.15, 0.2) is 9.84 Å². The van der Waals surface area contributed by atoms with Gasteiger partial charge in [0.1, 0.15) is 5.69 Å². The Morgan fingerprint density at radius 2 is 1.88 bits per heavy atom. The number of sulfone groups is 1. The first-order chi connectivity index (χ1) is 12.0. The Balaban J connectivity index is 1.98. The average molecular weight is 380 g/mol. The van der Waals surface area contributed by atoms with Crippen LogP contribution in [0.1, 0.15) is 5.56 Å². The maximum absolute atomic E-state index is 12.9. The van der Waals surface area contributed by atoms with Crippen LogP contribution in [0.2, 0.25) is 5.02 Å². The zero-order valence-corrected chi connectivity index (χ0v) is 15.1. The van der Waals surface area contributed by atoms with Crippen molar-refractivity contribution in [1.82, 2.24) is 0 Å². The highest BCUT2D eigenvalue weighted by atomic mass is 35.5. The molecule has 1 N–H and O–H groups in total. The Morgan fingerprint density at radius 1 is 1.16 bits per heavy atom. The van der Waals surface area contributed by atoms with Crippen LogP contribution in [0.3, 0.4) is 0 Å². The quantitative estimate of drug-likeness (QED) is 0.800. The molecule has 0 spiro atoms. The van der Waals surface area contributed by atoms with Crippen molar-refractivity contribution in [1.29, 1.82) is 5.53 Å². The summed E-state index contributed by atoms with van der Waals surface area (Å²) < 4.78 is 31.2. The Labute approximate surface area is 151 Å². The van der Waals surface area contributed by atoms with Crippen molar-refractivity contribution in [2.75, 3.05) is 31.2 Å². The second-order valence-corrected chi connectivity index (χ2v) is 8.08. The van der Waals surface area contributed by atoms with Crippen LogP contribution < -0.4 is 4.90 Å². The van der Waals surface area contributed by atoms with Gasteiger partial charge in [0.05, 0.1) is 23.9 Å². The molecule has 0 aliphatic carbocycles. The van der Waals surface area contributed by atoms with E-state index in [1.165, 1.54) is 0 Å². The fraction of sp³-hybridized carbons (Fsp3) is 0.294. The summed E-state index contributed by atoms with van der Waals surface area (Å²) in [6.45, 7) is 2.60. The Bertz CT molecular complexity index is 880. The van der Waals surface area contributed by atoms with Crippen LogP contribution in [-0.4, -0.2) is 34.7 Å². The maximum Gasteiger partial charge on any atom is 0.184 e. The van der Waals surface area contributed by atoms with Gasteiger partial charge in [0.2, 0.25) is 0 Å². The first-order valence-corrected chi connectivity index (χ1v) is 9.84. The molecule has 0 atom stereocenters. The summed E-state index contributed by atoms with van der Waals surface area (Å²) >= 11 is 6.10. The summed E-state index contributed by atoms with van der Waals surface area (Å²) in [4.78, 5) is 2.11. The molecule has 25 heavy (non-hydrogen) atoms. The first kappa shape index (κ1) is 17.8. The van der Waals surface area contributed by atoms with Crippen molar-refractivity contribution in [3.8, 4) is 0 Å². The van der Waals surface area contributed by atoms with Crippen molar-refractivity contribution in [2.24, 2.45) is 5.11 Å². The fourth-order valence-electron chi connectivity index (χ4n) is 2.76. The molecule has 1 aliphatic rings. The Morgan fingerprint density at radius 3 is 2.56 bits per heavy atom. The molecule has 1 saturated heterocycles. The first-order valence-electron chi connectivity index (χ1n) is 7.81. The highest BCUT2D eigenvalue weighted by Crippen LogP contribution is 2.32. The molecular weight excluding hydrogens is 362 g/mol. The van der Waals surface area contributed by atoms with E-state index in [4.69, 9.17) is 21.9 Å². The Kier molecular flexibility index (Phi) is 5.36. The highest BCUT2D eigenvalue weighted by Gasteiger charge is 2.23. The number of hydrogen-bond acceptors (Lipinski definition) is 6. The summed E-state index contributed by atoms with van der Waals surface area (Å²) in [5.41, 5.74) is 8.74. The number of hydrogen-bond donors (Lipinski definition) is 1. The van der Waals surface area contributed by atoms with Gasteiger partial charge in [-0.05, 0) is 29.8 Å². The van der Waals surface area contributed by atoms with Gasteiger partial charge in [-0.15, -0.1) is 0 Å². The van der Waals surface area contributed by atoms with Gasteiger partial charge in [-0.2, -0.15) is 5.11 Å². The number of nitrogens with zero attached hydrogens (tertiary/aromatic N) is 2. The Hall–Kier alpha value is -1.96. The van der Waals surface area contributed by atoms with E-state index in [1.807, 2.05) is 0 Å². The highest BCUT2D eigenvalue weighted by molar-refractivity contribution is 7.90. The van der Waals surface area contributed by atoms with Gasteiger partial charge >= 0.3 is 0 Å². The predicted molar refractivity (Wildman–Crippen MR) is 96.6 cm³/mol. The van der Waals surface area contributed by atoms with E-state index >= 15 is 0 Å². The van der Waals surface area contributed by atoms with Gasteiger partial charge < -0.3 is 9.64 Å². The second-order valence-electron chi connectivity index (χ2n) is 5.71. The fourth-order valence-corrected chi connectivity index (χ4v) is 4.59. The van der Waals surface area contributed by atoms with Crippen molar-refractivity contribution in [3.05, 3.63) is 53.1 Å². The third kappa shape index (κ3) is 4.00. The van der Waals surface area contributed by atoms with E-state index < -0.39 is 9.84 Å². The van der Waals surface area contributed by atoms with E-state index in [-0.39, 0.29) is 16.3 Å². The zero-order chi connectivity index (χ0) is 17.9. The number of ether oxygens (including phenoxy) is 1. The molecule has 1 heterocycles. The molecule has 6 nitrogen and oxygen atoms in total. The van der Waals surface area contributed by atoms with Gasteiger partial charge in [-0.25, -0.2) is 13.9 Å². The van der Waals surface area contributed by atoms with E-state index in [9.17, 15) is 8.42 Å². The lowest BCUT2D eigenvalue weighted by atomic mass is 10.2. The van der Waals surface area contributed by atoms with E-state index in [1.54, 1.807) is 42.5 Å².